The highest BCUT2D eigenvalue weighted by atomic mass is 32.1. The Hall–Kier alpha value is -2.86. The van der Waals surface area contributed by atoms with Crippen molar-refractivity contribution in [1.82, 2.24) is 25.8 Å². The van der Waals surface area contributed by atoms with E-state index in [4.69, 9.17) is 4.74 Å². The van der Waals surface area contributed by atoms with Crippen LogP contribution in [0.25, 0.3) is 10.4 Å². The van der Waals surface area contributed by atoms with E-state index in [9.17, 15) is 19.5 Å². The average molecular weight is 544 g/mol. The first-order valence-corrected chi connectivity index (χ1v) is 13.8. The summed E-state index contributed by atoms with van der Waals surface area (Å²) in [5.41, 5.74) is 4.16. The molecule has 2 aromatic rings. The van der Waals surface area contributed by atoms with Gasteiger partial charge in [-0.1, -0.05) is 45.0 Å². The van der Waals surface area contributed by atoms with Gasteiger partial charge in [0.1, 0.15) is 18.2 Å². The topological polar surface area (TPSA) is 133 Å². The van der Waals surface area contributed by atoms with E-state index in [2.05, 4.69) is 20.9 Å². The lowest BCUT2D eigenvalue weighted by Crippen LogP contribution is -2.60. The summed E-state index contributed by atoms with van der Waals surface area (Å²) in [6.07, 6.45) is -1.36. The number of thiazole rings is 1. The van der Waals surface area contributed by atoms with Crippen LogP contribution >= 0.6 is 11.3 Å². The van der Waals surface area contributed by atoms with Crippen molar-refractivity contribution >= 4 is 29.1 Å². The lowest BCUT2D eigenvalue weighted by atomic mass is 9.85. The molecular formula is C27H37N5O5S. The first-order chi connectivity index (χ1) is 18.0. The first kappa shape index (κ1) is 28.2. The maximum atomic E-state index is 13.7. The first-order valence-electron chi connectivity index (χ1n) is 12.9. The summed E-state index contributed by atoms with van der Waals surface area (Å²) in [6.45, 7) is 9.32. The van der Waals surface area contributed by atoms with Gasteiger partial charge in [-0.15, -0.1) is 11.3 Å². The van der Waals surface area contributed by atoms with Crippen LogP contribution in [0.4, 0.5) is 0 Å². The second kappa shape index (κ2) is 11.9. The van der Waals surface area contributed by atoms with Gasteiger partial charge in [-0.05, 0) is 23.5 Å². The fraction of sp³-hybridized carbons (Fsp3) is 0.556. The molecule has 1 unspecified atom stereocenters. The van der Waals surface area contributed by atoms with Gasteiger partial charge in [0, 0.05) is 32.6 Å². The summed E-state index contributed by atoms with van der Waals surface area (Å²) >= 11 is 1.58. The number of aromatic nitrogens is 1. The number of rotatable bonds is 7. The molecule has 4 rings (SSSR count). The molecule has 4 atom stereocenters. The minimum Gasteiger partial charge on any atom is -0.391 e. The molecule has 4 N–H and O–H groups in total. The number of aliphatic hydroxyl groups is 1. The molecule has 0 saturated carbocycles. The van der Waals surface area contributed by atoms with E-state index in [-0.39, 0.29) is 24.8 Å². The number of hydrogen-bond donors (Lipinski definition) is 4. The van der Waals surface area contributed by atoms with Crippen LogP contribution in [0, 0.1) is 12.3 Å². The Morgan fingerprint density at radius 3 is 2.58 bits per heavy atom. The molecule has 38 heavy (non-hydrogen) atoms. The number of likely N-dealkylation sites (tertiary alicyclic amines) is 1. The third kappa shape index (κ3) is 6.58. The Labute approximate surface area is 227 Å². The number of hydrogen-bond acceptors (Lipinski definition) is 8. The van der Waals surface area contributed by atoms with Crippen molar-refractivity contribution in [3.63, 3.8) is 0 Å². The highest BCUT2D eigenvalue weighted by molar-refractivity contribution is 7.13. The second-order valence-electron chi connectivity index (χ2n) is 10.9. The monoisotopic (exact) mass is 543 g/mol. The molecule has 10 nitrogen and oxygen atoms in total. The predicted octanol–water partition coefficient (Wildman–Crippen LogP) is 1.22. The van der Waals surface area contributed by atoms with E-state index >= 15 is 0 Å². The third-order valence-electron chi connectivity index (χ3n) is 6.91. The quantitative estimate of drug-likeness (QED) is 0.413. The van der Waals surface area contributed by atoms with Gasteiger partial charge < -0.3 is 30.7 Å². The Bertz CT molecular complexity index is 1140. The Balaban J connectivity index is 1.41. The van der Waals surface area contributed by atoms with Crippen LogP contribution in [-0.4, -0.2) is 83.2 Å². The molecule has 0 radical (unpaired) electrons. The van der Waals surface area contributed by atoms with Gasteiger partial charge in [0.15, 0.2) is 0 Å². The Kier molecular flexibility index (Phi) is 8.81. The molecule has 1 aromatic carbocycles. The van der Waals surface area contributed by atoms with E-state index < -0.39 is 35.6 Å². The van der Waals surface area contributed by atoms with Crippen molar-refractivity contribution in [1.29, 1.82) is 0 Å². The molecular weight excluding hydrogens is 506 g/mol. The fourth-order valence-electron chi connectivity index (χ4n) is 4.75. The summed E-state index contributed by atoms with van der Waals surface area (Å²) in [4.78, 5) is 46.5. The maximum Gasteiger partial charge on any atom is 0.251 e. The molecule has 11 heteroatoms. The van der Waals surface area contributed by atoms with Crippen molar-refractivity contribution in [2.24, 2.45) is 5.41 Å². The van der Waals surface area contributed by atoms with Gasteiger partial charge >= 0.3 is 0 Å². The molecule has 0 bridgehead atoms. The van der Waals surface area contributed by atoms with Crippen LogP contribution in [-0.2, 0) is 25.7 Å². The molecule has 2 fully saturated rings. The lowest BCUT2D eigenvalue weighted by Gasteiger charge is -2.36. The van der Waals surface area contributed by atoms with Gasteiger partial charge in [-0.3, -0.25) is 14.4 Å². The van der Waals surface area contributed by atoms with E-state index in [0.717, 1.165) is 21.7 Å². The number of nitrogens with zero attached hydrogens (tertiary/aromatic N) is 2. The van der Waals surface area contributed by atoms with Crippen molar-refractivity contribution < 1.29 is 24.2 Å². The zero-order valence-corrected chi connectivity index (χ0v) is 23.1. The summed E-state index contributed by atoms with van der Waals surface area (Å²) in [5.74, 6) is -1.10. The second-order valence-corrected chi connectivity index (χ2v) is 11.8. The molecule has 2 saturated heterocycles. The number of ether oxygens (including phenoxy) is 1. The van der Waals surface area contributed by atoms with Gasteiger partial charge in [0.2, 0.25) is 11.8 Å². The van der Waals surface area contributed by atoms with Gasteiger partial charge in [-0.25, -0.2) is 4.98 Å². The van der Waals surface area contributed by atoms with Gasteiger partial charge in [0.05, 0.1) is 28.8 Å². The van der Waals surface area contributed by atoms with Crippen LogP contribution < -0.4 is 16.0 Å². The van der Waals surface area contributed by atoms with E-state index in [1.54, 1.807) is 11.3 Å². The number of aliphatic hydroxyl groups excluding tert-OH is 1. The molecule has 3 amide bonds. The zero-order chi connectivity index (χ0) is 27.4. The molecule has 2 aliphatic rings. The lowest BCUT2D eigenvalue weighted by molar-refractivity contribution is -0.146. The maximum absolute atomic E-state index is 13.7. The number of carbonyl (C=O) groups is 3. The average Bonchev–Trinajstić information content (AvgIpc) is 3.50. The molecule has 0 spiro atoms. The fourth-order valence-corrected chi connectivity index (χ4v) is 5.56. The number of aryl methyl sites for hydroxylation is 1. The summed E-state index contributed by atoms with van der Waals surface area (Å²) in [5, 5.41) is 19.2. The van der Waals surface area contributed by atoms with Crippen LogP contribution in [0.1, 0.15) is 38.4 Å². The number of benzene rings is 1. The van der Waals surface area contributed by atoms with Crippen LogP contribution in [0.3, 0.4) is 0 Å². The molecule has 2 aliphatic heterocycles. The summed E-state index contributed by atoms with van der Waals surface area (Å²) in [7, 11) is 0. The Morgan fingerprint density at radius 1 is 1.24 bits per heavy atom. The summed E-state index contributed by atoms with van der Waals surface area (Å²) in [6, 6.07) is 6.19. The van der Waals surface area contributed by atoms with Gasteiger partial charge in [0.25, 0.3) is 5.91 Å². The smallest absolute Gasteiger partial charge is 0.251 e. The number of morpholine rings is 1. The van der Waals surface area contributed by atoms with Crippen LogP contribution in [0.15, 0.2) is 29.8 Å². The third-order valence-corrected chi connectivity index (χ3v) is 7.89. The SMILES string of the molecule is Cc1ncsc1-c1ccc(CNC(=O)[C@@H]2C[C@@H](O)CN2C(=O)[C@@H](NC(=O)C2CNCCO2)C(C)(C)C)cc1. The standard InChI is InChI=1S/C27H37N5O5S/c1-16-22(38-15-30-16)18-7-5-17(6-8-18)12-29-24(34)20-11-19(33)14-32(20)26(36)23(27(2,3)4)31-25(35)21-13-28-9-10-37-21/h5-8,15,19-21,23,28,33H,9-14H2,1-4H3,(H,29,34)(H,31,35)/t19-,20+,21?,23-/m1/s1. The minimum absolute atomic E-state index is 0.0315. The minimum atomic E-state index is -0.885. The normalized spacial score (nSPS) is 22.7. The van der Waals surface area contributed by atoms with Crippen LogP contribution in [0.2, 0.25) is 0 Å². The zero-order valence-electron chi connectivity index (χ0n) is 22.3. The molecule has 0 aliphatic carbocycles. The highest BCUT2D eigenvalue weighted by Crippen LogP contribution is 2.28. The number of carbonyl (C=O) groups excluding carboxylic acids is 3. The molecule has 206 valence electrons. The van der Waals surface area contributed by atoms with Crippen molar-refractivity contribution in [2.45, 2.75) is 65.0 Å². The van der Waals surface area contributed by atoms with E-state index in [1.165, 1.54) is 4.90 Å². The van der Waals surface area contributed by atoms with Crippen molar-refractivity contribution in [3.05, 3.63) is 41.0 Å². The number of nitrogens with one attached hydrogen (secondary N) is 3. The number of β-amino-alcohol motifs (C(OH)–C–C–N with tert-alkyl or cyclic N) is 1. The van der Waals surface area contributed by atoms with E-state index in [0.29, 0.717) is 26.2 Å². The van der Waals surface area contributed by atoms with Gasteiger partial charge in [-0.2, -0.15) is 0 Å². The molecule has 3 heterocycles. The van der Waals surface area contributed by atoms with E-state index in [1.807, 2.05) is 57.5 Å². The van der Waals surface area contributed by atoms with Crippen molar-refractivity contribution in [3.8, 4) is 10.4 Å². The predicted molar refractivity (Wildman–Crippen MR) is 144 cm³/mol. The van der Waals surface area contributed by atoms with Crippen molar-refractivity contribution in [2.75, 3.05) is 26.2 Å². The highest BCUT2D eigenvalue weighted by Gasteiger charge is 2.45. The van der Waals surface area contributed by atoms with Crippen LogP contribution in [0.5, 0.6) is 0 Å². The largest absolute Gasteiger partial charge is 0.391 e. The molecule has 1 aromatic heterocycles. The number of amides is 3. The summed E-state index contributed by atoms with van der Waals surface area (Å²) < 4.78 is 5.54. The Morgan fingerprint density at radius 2 is 1.97 bits per heavy atom.